The average Bonchev–Trinajstić information content (AvgIpc) is 2.37. The minimum Gasteiger partial charge on any atom is -0.342 e. The van der Waals surface area contributed by atoms with E-state index in [0.717, 1.165) is 32.1 Å². The van der Waals surface area contributed by atoms with E-state index in [1.807, 2.05) is 4.90 Å². The molecule has 21 heavy (non-hydrogen) atoms. The second-order valence-electron chi connectivity index (χ2n) is 7.06. The Morgan fingerprint density at radius 2 is 1.81 bits per heavy atom. The fourth-order valence-electron chi connectivity index (χ4n) is 2.95. The van der Waals surface area contributed by atoms with Crippen LogP contribution in [0.5, 0.6) is 0 Å². The normalized spacial score (nSPS) is 23.1. The fraction of sp³-hybridized carbons (Fsp3) is 0.882. The Morgan fingerprint density at radius 3 is 2.33 bits per heavy atom. The summed E-state index contributed by atoms with van der Waals surface area (Å²) in [6.07, 6.45) is 4.48. The van der Waals surface area contributed by atoms with Crippen molar-refractivity contribution < 1.29 is 9.59 Å². The largest absolute Gasteiger partial charge is 0.342 e. The van der Waals surface area contributed by atoms with Gasteiger partial charge >= 0.3 is 0 Å². The average molecular weight is 296 g/mol. The summed E-state index contributed by atoms with van der Waals surface area (Å²) in [7, 11) is 0. The summed E-state index contributed by atoms with van der Waals surface area (Å²) < 4.78 is 0. The molecule has 2 amide bonds. The Hall–Kier alpha value is -1.06. The van der Waals surface area contributed by atoms with Crippen LogP contribution in [0.3, 0.4) is 0 Å². The van der Waals surface area contributed by atoms with Gasteiger partial charge in [-0.2, -0.15) is 0 Å². The van der Waals surface area contributed by atoms with E-state index >= 15 is 0 Å². The maximum Gasteiger partial charge on any atom is 0.245 e. The summed E-state index contributed by atoms with van der Waals surface area (Å²) in [6.45, 7) is 11.3. The van der Waals surface area contributed by atoms with E-state index in [9.17, 15) is 9.59 Å². The van der Waals surface area contributed by atoms with E-state index in [2.05, 4.69) is 39.9 Å². The molecule has 1 aliphatic rings. The molecular weight excluding hydrogens is 264 g/mol. The first-order valence-electron chi connectivity index (χ1n) is 8.47. The summed E-state index contributed by atoms with van der Waals surface area (Å²) in [4.78, 5) is 26.8. The molecule has 4 heteroatoms. The number of amides is 2. The van der Waals surface area contributed by atoms with Gasteiger partial charge in [-0.05, 0) is 37.5 Å². The van der Waals surface area contributed by atoms with Gasteiger partial charge < -0.3 is 10.2 Å². The van der Waals surface area contributed by atoms with Crippen LogP contribution in [0.4, 0.5) is 0 Å². The van der Waals surface area contributed by atoms with Crippen LogP contribution in [0.15, 0.2) is 0 Å². The highest BCUT2D eigenvalue weighted by atomic mass is 16.2. The zero-order chi connectivity index (χ0) is 16.0. The third-order valence-electron chi connectivity index (χ3n) is 4.03. The standard InChI is InChI=1S/C17H32N2O2/c1-6-8-15-16(20)18-14(11-13(4)5)17(21)19(15)10-7-9-12(2)3/h12-15H,6-11H2,1-5H3,(H,18,20). The van der Waals surface area contributed by atoms with Crippen LogP contribution >= 0.6 is 0 Å². The third kappa shape index (κ3) is 5.33. The van der Waals surface area contributed by atoms with E-state index in [1.165, 1.54) is 0 Å². The smallest absolute Gasteiger partial charge is 0.245 e. The lowest BCUT2D eigenvalue weighted by atomic mass is 9.96. The molecule has 1 saturated heterocycles. The minimum atomic E-state index is -0.329. The summed E-state index contributed by atoms with van der Waals surface area (Å²) in [6, 6.07) is -0.595. The van der Waals surface area contributed by atoms with Crippen molar-refractivity contribution in [1.29, 1.82) is 0 Å². The SMILES string of the molecule is CCCC1C(=O)NC(CC(C)C)C(=O)N1CCCC(C)C. The Bertz CT molecular complexity index is 353. The predicted molar refractivity (Wildman–Crippen MR) is 85.9 cm³/mol. The predicted octanol–water partition coefficient (Wildman–Crippen LogP) is 2.96. The molecule has 0 saturated carbocycles. The monoisotopic (exact) mass is 296 g/mol. The summed E-state index contributed by atoms with van der Waals surface area (Å²) in [5, 5.41) is 2.93. The third-order valence-corrected chi connectivity index (χ3v) is 4.03. The van der Waals surface area contributed by atoms with E-state index in [0.29, 0.717) is 18.4 Å². The van der Waals surface area contributed by atoms with Crippen molar-refractivity contribution in [2.45, 2.75) is 78.8 Å². The van der Waals surface area contributed by atoms with Crippen LogP contribution in [0.2, 0.25) is 0 Å². The first-order valence-corrected chi connectivity index (χ1v) is 8.47. The van der Waals surface area contributed by atoms with Gasteiger partial charge in [0.25, 0.3) is 0 Å². The minimum absolute atomic E-state index is 0.0339. The van der Waals surface area contributed by atoms with Crippen molar-refractivity contribution in [3.8, 4) is 0 Å². The Kier molecular flexibility index (Phi) is 7.20. The van der Waals surface area contributed by atoms with Gasteiger partial charge in [0.1, 0.15) is 12.1 Å². The lowest BCUT2D eigenvalue weighted by molar-refractivity contribution is -0.150. The Labute approximate surface area is 129 Å². The van der Waals surface area contributed by atoms with Gasteiger partial charge in [-0.1, -0.05) is 41.0 Å². The Balaban J connectivity index is 2.76. The summed E-state index contributed by atoms with van der Waals surface area (Å²) in [5.41, 5.74) is 0. The van der Waals surface area contributed by atoms with Crippen LogP contribution in [-0.4, -0.2) is 35.3 Å². The van der Waals surface area contributed by atoms with Crippen molar-refractivity contribution in [3.63, 3.8) is 0 Å². The van der Waals surface area contributed by atoms with Gasteiger partial charge in [-0.15, -0.1) is 0 Å². The van der Waals surface area contributed by atoms with Crippen molar-refractivity contribution in [2.75, 3.05) is 6.54 Å². The molecule has 0 aromatic carbocycles. The van der Waals surface area contributed by atoms with Crippen molar-refractivity contribution in [2.24, 2.45) is 11.8 Å². The molecule has 2 unspecified atom stereocenters. The van der Waals surface area contributed by atoms with E-state index in [4.69, 9.17) is 0 Å². The second kappa shape index (κ2) is 8.40. The molecule has 0 aromatic rings. The van der Waals surface area contributed by atoms with E-state index < -0.39 is 0 Å². The van der Waals surface area contributed by atoms with Gasteiger partial charge in [0.15, 0.2) is 0 Å². The van der Waals surface area contributed by atoms with Crippen molar-refractivity contribution >= 4 is 11.8 Å². The quantitative estimate of drug-likeness (QED) is 0.748. The molecule has 122 valence electrons. The molecule has 0 aliphatic carbocycles. The molecule has 1 aliphatic heterocycles. The molecule has 1 N–H and O–H groups in total. The second-order valence-corrected chi connectivity index (χ2v) is 7.06. The Morgan fingerprint density at radius 1 is 1.14 bits per heavy atom. The molecular formula is C17H32N2O2. The molecule has 1 fully saturated rings. The van der Waals surface area contributed by atoms with Gasteiger partial charge in [0.05, 0.1) is 0 Å². The molecule has 0 bridgehead atoms. The number of piperazine rings is 1. The first kappa shape index (κ1) is 18.0. The zero-order valence-electron chi connectivity index (χ0n) is 14.3. The van der Waals surface area contributed by atoms with Gasteiger partial charge in [-0.3, -0.25) is 9.59 Å². The lowest BCUT2D eigenvalue weighted by Gasteiger charge is -2.39. The molecule has 2 atom stereocenters. The van der Waals surface area contributed by atoms with Gasteiger partial charge in [0, 0.05) is 6.54 Å². The molecule has 4 nitrogen and oxygen atoms in total. The number of carbonyl (C=O) groups is 2. The number of hydrogen-bond donors (Lipinski definition) is 1. The molecule has 0 aromatic heterocycles. The molecule has 0 spiro atoms. The summed E-state index contributed by atoms with van der Waals surface area (Å²) in [5.74, 6) is 1.19. The highest BCUT2D eigenvalue weighted by Crippen LogP contribution is 2.20. The molecule has 0 radical (unpaired) electrons. The van der Waals surface area contributed by atoms with Gasteiger partial charge in [-0.25, -0.2) is 0 Å². The van der Waals surface area contributed by atoms with Crippen LogP contribution in [-0.2, 0) is 9.59 Å². The van der Waals surface area contributed by atoms with Crippen LogP contribution < -0.4 is 5.32 Å². The number of nitrogens with zero attached hydrogens (tertiary/aromatic N) is 1. The topological polar surface area (TPSA) is 49.4 Å². The van der Waals surface area contributed by atoms with Crippen LogP contribution in [0.25, 0.3) is 0 Å². The summed E-state index contributed by atoms with van der Waals surface area (Å²) >= 11 is 0. The number of hydrogen-bond acceptors (Lipinski definition) is 2. The fourth-order valence-corrected chi connectivity index (χ4v) is 2.95. The maximum atomic E-state index is 12.7. The van der Waals surface area contributed by atoms with E-state index in [1.54, 1.807) is 0 Å². The van der Waals surface area contributed by atoms with Crippen LogP contribution in [0.1, 0.15) is 66.7 Å². The van der Waals surface area contributed by atoms with Crippen molar-refractivity contribution in [1.82, 2.24) is 10.2 Å². The van der Waals surface area contributed by atoms with E-state index in [-0.39, 0.29) is 23.9 Å². The van der Waals surface area contributed by atoms with Crippen molar-refractivity contribution in [3.05, 3.63) is 0 Å². The van der Waals surface area contributed by atoms with Crippen LogP contribution in [0, 0.1) is 11.8 Å². The zero-order valence-corrected chi connectivity index (χ0v) is 14.3. The lowest BCUT2D eigenvalue weighted by Crippen LogP contribution is -2.63. The number of carbonyl (C=O) groups excluding carboxylic acids is 2. The van der Waals surface area contributed by atoms with Gasteiger partial charge in [0.2, 0.25) is 11.8 Å². The first-order chi connectivity index (χ1) is 9.86. The highest BCUT2D eigenvalue weighted by molar-refractivity contribution is 5.96. The number of rotatable bonds is 8. The maximum absolute atomic E-state index is 12.7. The number of nitrogens with one attached hydrogen (secondary N) is 1. The highest BCUT2D eigenvalue weighted by Gasteiger charge is 2.39. The molecule has 1 rings (SSSR count). The molecule has 1 heterocycles.